The molecule has 2 aliphatic rings. The first kappa shape index (κ1) is 8.05. The minimum atomic E-state index is 0.0226. The molecule has 0 aliphatic carbocycles. The van der Waals surface area contributed by atoms with Gasteiger partial charge in [-0.3, -0.25) is 4.79 Å². The number of carbonyl (C=O) groups excluding carboxylic acids is 1. The van der Waals surface area contributed by atoms with Crippen LogP contribution in [0.4, 0.5) is 0 Å². The Kier molecular flexibility index (Phi) is 1.65. The van der Waals surface area contributed by atoms with E-state index in [0.717, 1.165) is 19.5 Å². The zero-order valence-corrected chi connectivity index (χ0v) is 7.68. The fourth-order valence-corrected chi connectivity index (χ4v) is 2.57. The molecular formula is C9H16N2O. The normalized spacial score (nSPS) is 47.0. The molecule has 0 bridgehead atoms. The van der Waals surface area contributed by atoms with Gasteiger partial charge in [0.15, 0.2) is 0 Å². The molecule has 2 heterocycles. The largest absolute Gasteiger partial charge is 0.349 e. The Morgan fingerprint density at radius 2 is 2.33 bits per heavy atom. The molecule has 0 aromatic rings. The second-order valence-corrected chi connectivity index (χ2v) is 4.27. The summed E-state index contributed by atoms with van der Waals surface area (Å²) in [6.45, 7) is 6.16. The number of hydrogen-bond acceptors (Lipinski definition) is 2. The molecule has 0 spiro atoms. The molecule has 2 fully saturated rings. The second-order valence-electron chi connectivity index (χ2n) is 4.27. The van der Waals surface area contributed by atoms with Gasteiger partial charge in [-0.05, 0) is 25.8 Å². The van der Waals surface area contributed by atoms with E-state index in [-0.39, 0.29) is 17.4 Å². The molecule has 3 atom stereocenters. The fraction of sp³-hybridized carbons (Fsp3) is 0.889. The van der Waals surface area contributed by atoms with Crippen LogP contribution in [0.15, 0.2) is 0 Å². The van der Waals surface area contributed by atoms with Crippen LogP contribution in [0, 0.1) is 11.8 Å². The van der Waals surface area contributed by atoms with Crippen LogP contribution in [0.1, 0.15) is 20.3 Å². The lowest BCUT2D eigenvalue weighted by Crippen LogP contribution is -2.55. The Balaban J connectivity index is 2.24. The van der Waals surface area contributed by atoms with Crippen LogP contribution in [-0.4, -0.2) is 24.5 Å². The van der Waals surface area contributed by atoms with E-state index in [2.05, 4.69) is 17.6 Å². The van der Waals surface area contributed by atoms with E-state index >= 15 is 0 Å². The number of rotatable bonds is 0. The van der Waals surface area contributed by atoms with Crippen LogP contribution in [0.25, 0.3) is 0 Å². The van der Waals surface area contributed by atoms with Crippen molar-refractivity contribution >= 4 is 5.91 Å². The summed E-state index contributed by atoms with van der Waals surface area (Å²) in [5.74, 6) is 0.967. The third-order valence-corrected chi connectivity index (χ3v) is 3.37. The summed E-state index contributed by atoms with van der Waals surface area (Å²) in [5, 5.41) is 6.40. The summed E-state index contributed by atoms with van der Waals surface area (Å²) >= 11 is 0. The van der Waals surface area contributed by atoms with Gasteiger partial charge in [-0.25, -0.2) is 0 Å². The Bertz CT molecular complexity index is 217. The number of amides is 1. The van der Waals surface area contributed by atoms with Crippen LogP contribution in [0.2, 0.25) is 0 Å². The van der Waals surface area contributed by atoms with E-state index in [4.69, 9.17) is 0 Å². The van der Waals surface area contributed by atoms with Gasteiger partial charge in [0.25, 0.3) is 0 Å². The predicted molar refractivity (Wildman–Crippen MR) is 46.7 cm³/mol. The maximum atomic E-state index is 11.4. The van der Waals surface area contributed by atoms with Crippen LogP contribution in [-0.2, 0) is 4.79 Å². The molecule has 68 valence electrons. The molecular weight excluding hydrogens is 152 g/mol. The molecule has 2 rings (SSSR count). The van der Waals surface area contributed by atoms with Crippen molar-refractivity contribution in [3.63, 3.8) is 0 Å². The molecule has 2 aliphatic heterocycles. The molecule has 2 N–H and O–H groups in total. The predicted octanol–water partition coefficient (Wildman–Crippen LogP) is 0.120. The molecule has 3 nitrogen and oxygen atoms in total. The minimum absolute atomic E-state index is 0.0226. The number of fused-ring (bicyclic) bond motifs is 1. The molecule has 12 heavy (non-hydrogen) atoms. The highest BCUT2D eigenvalue weighted by Crippen LogP contribution is 2.35. The summed E-state index contributed by atoms with van der Waals surface area (Å²) in [5.41, 5.74) is 0.0226. The average molecular weight is 168 g/mol. The van der Waals surface area contributed by atoms with E-state index in [1.165, 1.54) is 0 Å². The lowest BCUT2D eigenvalue weighted by Gasteiger charge is -2.36. The molecule has 1 amide bonds. The van der Waals surface area contributed by atoms with Gasteiger partial charge in [0.2, 0.25) is 5.91 Å². The first-order valence-corrected chi connectivity index (χ1v) is 4.66. The maximum Gasteiger partial charge on any atom is 0.223 e. The van der Waals surface area contributed by atoms with Crippen LogP contribution in [0.3, 0.4) is 0 Å². The topological polar surface area (TPSA) is 41.1 Å². The van der Waals surface area contributed by atoms with Crippen molar-refractivity contribution in [2.45, 2.75) is 25.8 Å². The zero-order chi connectivity index (χ0) is 8.77. The SMILES string of the molecule is CC1C(=O)NC2(C)CNCCC12. The quantitative estimate of drug-likeness (QED) is 0.539. The highest BCUT2D eigenvalue weighted by molar-refractivity contribution is 5.82. The Labute approximate surface area is 72.9 Å². The minimum Gasteiger partial charge on any atom is -0.349 e. The van der Waals surface area contributed by atoms with Crippen molar-refractivity contribution in [2.24, 2.45) is 11.8 Å². The van der Waals surface area contributed by atoms with Gasteiger partial charge in [-0.2, -0.15) is 0 Å². The molecule has 2 saturated heterocycles. The van der Waals surface area contributed by atoms with Gasteiger partial charge in [0.1, 0.15) is 0 Å². The Morgan fingerprint density at radius 1 is 1.58 bits per heavy atom. The van der Waals surface area contributed by atoms with Gasteiger partial charge < -0.3 is 10.6 Å². The number of nitrogens with one attached hydrogen (secondary N) is 2. The molecule has 3 heteroatoms. The van der Waals surface area contributed by atoms with E-state index in [9.17, 15) is 4.79 Å². The molecule has 0 aromatic heterocycles. The summed E-state index contributed by atoms with van der Waals surface area (Å²) in [4.78, 5) is 11.4. The Hall–Kier alpha value is -0.570. The third kappa shape index (κ3) is 0.959. The van der Waals surface area contributed by atoms with Crippen molar-refractivity contribution in [3.8, 4) is 0 Å². The average Bonchev–Trinajstić information content (AvgIpc) is 2.24. The van der Waals surface area contributed by atoms with Crippen molar-refractivity contribution in [1.29, 1.82) is 0 Å². The number of piperidine rings is 1. The Morgan fingerprint density at radius 3 is 3.00 bits per heavy atom. The molecule has 3 unspecified atom stereocenters. The van der Waals surface area contributed by atoms with E-state index in [1.54, 1.807) is 0 Å². The standard InChI is InChI=1S/C9H16N2O/c1-6-7-3-4-10-5-9(7,2)11-8(6)12/h6-7,10H,3-5H2,1-2H3,(H,11,12). The van der Waals surface area contributed by atoms with Crippen molar-refractivity contribution in [1.82, 2.24) is 10.6 Å². The number of hydrogen-bond donors (Lipinski definition) is 2. The van der Waals surface area contributed by atoms with Gasteiger partial charge in [-0.1, -0.05) is 6.92 Å². The maximum absolute atomic E-state index is 11.4. The van der Waals surface area contributed by atoms with Crippen LogP contribution >= 0.6 is 0 Å². The monoisotopic (exact) mass is 168 g/mol. The number of carbonyl (C=O) groups is 1. The van der Waals surface area contributed by atoms with Crippen molar-refractivity contribution in [3.05, 3.63) is 0 Å². The van der Waals surface area contributed by atoms with Gasteiger partial charge in [0.05, 0.1) is 5.54 Å². The first-order valence-electron chi connectivity index (χ1n) is 4.66. The second kappa shape index (κ2) is 2.46. The summed E-state index contributed by atoms with van der Waals surface area (Å²) < 4.78 is 0. The lowest BCUT2D eigenvalue weighted by atomic mass is 9.77. The van der Waals surface area contributed by atoms with Crippen LogP contribution < -0.4 is 10.6 Å². The molecule has 0 radical (unpaired) electrons. The van der Waals surface area contributed by atoms with E-state index in [1.807, 2.05) is 6.92 Å². The van der Waals surface area contributed by atoms with Crippen molar-refractivity contribution in [2.75, 3.05) is 13.1 Å². The summed E-state index contributed by atoms with van der Waals surface area (Å²) in [6, 6.07) is 0. The van der Waals surface area contributed by atoms with E-state index in [0.29, 0.717) is 5.92 Å². The fourth-order valence-electron chi connectivity index (χ4n) is 2.57. The highest BCUT2D eigenvalue weighted by Gasteiger charge is 2.48. The van der Waals surface area contributed by atoms with Gasteiger partial charge >= 0.3 is 0 Å². The molecule has 0 saturated carbocycles. The summed E-state index contributed by atoms with van der Waals surface area (Å²) in [7, 11) is 0. The first-order chi connectivity index (χ1) is 5.63. The summed E-state index contributed by atoms with van der Waals surface area (Å²) in [6.07, 6.45) is 1.12. The highest BCUT2D eigenvalue weighted by atomic mass is 16.2. The van der Waals surface area contributed by atoms with E-state index < -0.39 is 0 Å². The van der Waals surface area contributed by atoms with Crippen molar-refractivity contribution < 1.29 is 4.79 Å². The van der Waals surface area contributed by atoms with Gasteiger partial charge in [-0.15, -0.1) is 0 Å². The smallest absolute Gasteiger partial charge is 0.223 e. The molecule has 0 aromatic carbocycles. The zero-order valence-electron chi connectivity index (χ0n) is 7.68. The van der Waals surface area contributed by atoms with Gasteiger partial charge in [0, 0.05) is 12.5 Å². The van der Waals surface area contributed by atoms with Crippen LogP contribution in [0.5, 0.6) is 0 Å². The third-order valence-electron chi connectivity index (χ3n) is 3.37. The lowest BCUT2D eigenvalue weighted by molar-refractivity contribution is -0.122.